The molecule has 1 N–H and O–H groups in total. The lowest BCUT2D eigenvalue weighted by molar-refractivity contribution is 0.169. The second-order valence-corrected chi connectivity index (χ2v) is 7.66. The van der Waals surface area contributed by atoms with Crippen molar-refractivity contribution in [3.63, 3.8) is 0 Å². The normalized spacial score (nSPS) is 18.8. The van der Waals surface area contributed by atoms with E-state index in [0.717, 1.165) is 56.7 Å². The van der Waals surface area contributed by atoms with Crippen LogP contribution < -0.4 is 10.1 Å². The third-order valence-electron chi connectivity index (χ3n) is 5.90. The predicted octanol–water partition coefficient (Wildman–Crippen LogP) is 2.73. The van der Waals surface area contributed by atoms with E-state index in [1.165, 1.54) is 18.4 Å². The van der Waals surface area contributed by atoms with Gasteiger partial charge in [0.25, 0.3) is 0 Å². The third-order valence-corrected chi connectivity index (χ3v) is 5.90. The Bertz CT molecular complexity index is 782. The summed E-state index contributed by atoms with van der Waals surface area (Å²) < 4.78 is 10.2. The zero-order valence-electron chi connectivity index (χ0n) is 17.1. The van der Waals surface area contributed by atoms with Crippen molar-refractivity contribution in [2.45, 2.75) is 24.8 Å². The largest absolute Gasteiger partial charge is 0.497 e. The average Bonchev–Trinajstić information content (AvgIpc) is 3.36. The molecule has 0 bridgehead atoms. The van der Waals surface area contributed by atoms with Crippen LogP contribution in [-0.2, 0) is 12.0 Å². The number of benzene rings is 1. The van der Waals surface area contributed by atoms with E-state index in [4.69, 9.17) is 9.26 Å². The van der Waals surface area contributed by atoms with E-state index in [0.29, 0.717) is 0 Å². The van der Waals surface area contributed by atoms with Gasteiger partial charge in [-0.15, -0.1) is 24.0 Å². The Morgan fingerprint density at radius 3 is 2.45 bits per heavy atom. The van der Waals surface area contributed by atoms with Crippen LogP contribution in [0.2, 0.25) is 0 Å². The molecule has 2 aliphatic rings. The highest BCUT2D eigenvalue weighted by molar-refractivity contribution is 14.0. The summed E-state index contributed by atoms with van der Waals surface area (Å²) in [6.07, 6.45) is 4.07. The molecule has 158 valence electrons. The number of halogens is 1. The number of aliphatic imine (C=N–C) groups is 1. The zero-order valence-corrected chi connectivity index (χ0v) is 19.5. The zero-order chi connectivity index (χ0) is 19.4. The van der Waals surface area contributed by atoms with Crippen molar-refractivity contribution in [1.29, 1.82) is 0 Å². The Kier molecular flexibility index (Phi) is 7.39. The van der Waals surface area contributed by atoms with Crippen molar-refractivity contribution in [1.82, 2.24) is 20.3 Å². The molecule has 4 rings (SSSR count). The van der Waals surface area contributed by atoms with Gasteiger partial charge >= 0.3 is 0 Å². The van der Waals surface area contributed by atoms with Crippen molar-refractivity contribution >= 4 is 29.9 Å². The summed E-state index contributed by atoms with van der Waals surface area (Å²) in [4.78, 5) is 9.28. The van der Waals surface area contributed by atoms with Crippen LogP contribution in [-0.4, -0.2) is 67.8 Å². The molecule has 8 heteroatoms. The SMILES string of the molecule is CN=C(NCC1(c2ccc(OC)cc2)CC1)N1CCN(Cc2ccon2)CC1.I. The molecule has 0 spiro atoms. The number of hydrogen-bond donors (Lipinski definition) is 1. The van der Waals surface area contributed by atoms with Gasteiger partial charge in [-0.25, -0.2) is 0 Å². The molecule has 1 aromatic carbocycles. The van der Waals surface area contributed by atoms with Crippen molar-refractivity contribution < 1.29 is 9.26 Å². The van der Waals surface area contributed by atoms with Crippen molar-refractivity contribution in [2.75, 3.05) is 46.9 Å². The van der Waals surface area contributed by atoms with E-state index in [-0.39, 0.29) is 29.4 Å². The molecule has 2 fully saturated rings. The first-order chi connectivity index (χ1) is 13.7. The molecule has 0 unspecified atom stereocenters. The van der Waals surface area contributed by atoms with E-state index in [9.17, 15) is 0 Å². The maximum atomic E-state index is 5.28. The van der Waals surface area contributed by atoms with Gasteiger partial charge in [-0.05, 0) is 30.5 Å². The minimum Gasteiger partial charge on any atom is -0.497 e. The predicted molar refractivity (Wildman–Crippen MR) is 124 cm³/mol. The Morgan fingerprint density at radius 2 is 1.90 bits per heavy atom. The van der Waals surface area contributed by atoms with Crippen LogP contribution in [0.1, 0.15) is 24.1 Å². The molecule has 1 aromatic heterocycles. The fraction of sp³-hybridized carbons (Fsp3) is 0.524. The lowest BCUT2D eigenvalue weighted by atomic mass is 9.96. The molecule has 0 radical (unpaired) electrons. The number of ether oxygens (including phenoxy) is 1. The Labute approximate surface area is 189 Å². The summed E-state index contributed by atoms with van der Waals surface area (Å²) in [5.41, 5.74) is 2.61. The minimum atomic E-state index is 0. The third kappa shape index (κ3) is 5.22. The van der Waals surface area contributed by atoms with E-state index in [1.54, 1.807) is 13.4 Å². The number of nitrogens with one attached hydrogen (secondary N) is 1. The summed E-state index contributed by atoms with van der Waals surface area (Å²) in [6.45, 7) is 5.69. The van der Waals surface area contributed by atoms with Gasteiger partial charge in [-0.2, -0.15) is 0 Å². The van der Waals surface area contributed by atoms with Gasteiger partial charge in [-0.1, -0.05) is 17.3 Å². The molecular formula is C21H30IN5O2. The van der Waals surface area contributed by atoms with Gasteiger partial charge in [-0.3, -0.25) is 9.89 Å². The summed E-state index contributed by atoms with van der Waals surface area (Å²) in [6, 6.07) is 10.4. The van der Waals surface area contributed by atoms with Gasteiger partial charge in [0.15, 0.2) is 5.96 Å². The van der Waals surface area contributed by atoms with Crippen LogP contribution in [0.3, 0.4) is 0 Å². The van der Waals surface area contributed by atoms with Crippen LogP contribution >= 0.6 is 24.0 Å². The molecule has 0 amide bonds. The molecular weight excluding hydrogens is 481 g/mol. The summed E-state index contributed by atoms with van der Waals surface area (Å²) in [5, 5.41) is 7.64. The molecule has 1 saturated heterocycles. The molecule has 7 nitrogen and oxygen atoms in total. The molecule has 0 atom stereocenters. The number of aromatic nitrogens is 1. The van der Waals surface area contributed by atoms with E-state index in [1.807, 2.05) is 13.1 Å². The summed E-state index contributed by atoms with van der Waals surface area (Å²) >= 11 is 0. The lowest BCUT2D eigenvalue weighted by Crippen LogP contribution is -2.53. The maximum Gasteiger partial charge on any atom is 0.193 e. The molecule has 1 saturated carbocycles. The average molecular weight is 511 g/mol. The first-order valence-corrected chi connectivity index (χ1v) is 9.94. The molecule has 2 aromatic rings. The second kappa shape index (κ2) is 9.80. The smallest absolute Gasteiger partial charge is 0.193 e. The number of rotatable bonds is 6. The second-order valence-electron chi connectivity index (χ2n) is 7.66. The topological polar surface area (TPSA) is 66.1 Å². The summed E-state index contributed by atoms with van der Waals surface area (Å²) in [5.74, 6) is 1.91. The monoisotopic (exact) mass is 511 g/mol. The lowest BCUT2D eigenvalue weighted by Gasteiger charge is -2.36. The first-order valence-electron chi connectivity index (χ1n) is 9.94. The number of nitrogens with zero attached hydrogens (tertiary/aromatic N) is 4. The molecule has 2 heterocycles. The highest BCUT2D eigenvalue weighted by Crippen LogP contribution is 2.47. The fourth-order valence-corrected chi connectivity index (χ4v) is 3.91. The van der Waals surface area contributed by atoms with Crippen molar-refractivity contribution in [3.8, 4) is 5.75 Å². The van der Waals surface area contributed by atoms with Gasteiger partial charge < -0.3 is 19.5 Å². The number of piperazine rings is 1. The van der Waals surface area contributed by atoms with E-state index >= 15 is 0 Å². The van der Waals surface area contributed by atoms with E-state index < -0.39 is 0 Å². The summed E-state index contributed by atoms with van der Waals surface area (Å²) in [7, 11) is 3.58. The first kappa shape index (κ1) is 21.9. The minimum absolute atomic E-state index is 0. The van der Waals surface area contributed by atoms with Crippen LogP contribution in [0.15, 0.2) is 46.1 Å². The fourth-order valence-electron chi connectivity index (χ4n) is 3.91. The maximum absolute atomic E-state index is 5.28. The standard InChI is InChI=1S/C21H29N5O2.HI/c1-22-20(26-12-10-25(11-13-26)15-18-7-14-28-24-18)23-16-21(8-9-21)17-3-5-19(27-2)6-4-17;/h3-7,14H,8-13,15-16H2,1-2H3,(H,22,23);1H. The quantitative estimate of drug-likeness (QED) is 0.366. The molecule has 1 aliphatic carbocycles. The van der Waals surface area contributed by atoms with Crippen LogP contribution in [0.5, 0.6) is 5.75 Å². The van der Waals surface area contributed by atoms with Gasteiger partial charge in [0, 0.05) is 57.8 Å². The Hall–Kier alpha value is -1.81. The van der Waals surface area contributed by atoms with Gasteiger partial charge in [0.05, 0.1) is 12.8 Å². The Morgan fingerprint density at radius 1 is 1.17 bits per heavy atom. The van der Waals surface area contributed by atoms with E-state index in [2.05, 4.69) is 49.5 Å². The van der Waals surface area contributed by atoms with Crippen LogP contribution in [0.4, 0.5) is 0 Å². The Balaban J connectivity index is 0.00000240. The van der Waals surface area contributed by atoms with Crippen LogP contribution in [0.25, 0.3) is 0 Å². The number of methoxy groups -OCH3 is 1. The number of hydrogen-bond acceptors (Lipinski definition) is 5. The highest BCUT2D eigenvalue weighted by Gasteiger charge is 2.44. The van der Waals surface area contributed by atoms with Gasteiger partial charge in [0.1, 0.15) is 12.0 Å². The van der Waals surface area contributed by atoms with Gasteiger partial charge in [0.2, 0.25) is 0 Å². The highest BCUT2D eigenvalue weighted by atomic mass is 127. The molecule has 29 heavy (non-hydrogen) atoms. The van der Waals surface area contributed by atoms with Crippen LogP contribution in [0, 0.1) is 0 Å². The molecule has 1 aliphatic heterocycles. The van der Waals surface area contributed by atoms with Crippen molar-refractivity contribution in [2.24, 2.45) is 4.99 Å². The van der Waals surface area contributed by atoms with Crippen molar-refractivity contribution in [3.05, 3.63) is 47.9 Å². The number of guanidine groups is 1.